The Morgan fingerprint density at radius 1 is 1.13 bits per heavy atom. The number of anilines is 1. The highest BCUT2D eigenvalue weighted by Gasteiger charge is 2.10. The number of benzene rings is 2. The van der Waals surface area contributed by atoms with Crippen molar-refractivity contribution in [3.05, 3.63) is 59.2 Å². The average Bonchev–Trinajstić information content (AvgIpc) is 2.57. The number of carbonyl (C=O) groups is 1. The number of hydrogen-bond donors (Lipinski definition) is 1. The van der Waals surface area contributed by atoms with E-state index in [1.807, 2.05) is 25.1 Å². The summed E-state index contributed by atoms with van der Waals surface area (Å²) < 4.78 is 10.6. The van der Waals surface area contributed by atoms with Crippen LogP contribution in [0.2, 0.25) is 0 Å². The van der Waals surface area contributed by atoms with E-state index < -0.39 is 0 Å². The lowest BCUT2D eigenvalue weighted by Crippen LogP contribution is -2.11. The van der Waals surface area contributed by atoms with Crippen molar-refractivity contribution in [2.45, 2.75) is 20.3 Å². The van der Waals surface area contributed by atoms with E-state index in [0.29, 0.717) is 12.2 Å². The van der Waals surface area contributed by atoms with Crippen LogP contribution in [0, 0.1) is 13.8 Å². The van der Waals surface area contributed by atoms with Gasteiger partial charge in [0, 0.05) is 12.2 Å². The molecule has 0 unspecified atom stereocenters. The van der Waals surface area contributed by atoms with Crippen LogP contribution in [0.3, 0.4) is 0 Å². The maximum Gasteiger partial charge on any atom is 0.339 e. The Kier molecular flexibility index (Phi) is 6.03. The highest BCUT2D eigenvalue weighted by molar-refractivity contribution is 5.95. The zero-order valence-corrected chi connectivity index (χ0v) is 13.9. The van der Waals surface area contributed by atoms with E-state index in [9.17, 15) is 4.79 Å². The standard InChI is InChI=1S/C19H23NO3/c1-14-9-10-15(2)18(13-14)23-12-6-11-20-17-8-5-4-7-16(17)19(21)22-3/h4-5,7-10,13,20H,6,11-12H2,1-3H3. The molecular formula is C19H23NO3. The number of para-hydroxylation sites is 1. The van der Waals surface area contributed by atoms with E-state index >= 15 is 0 Å². The van der Waals surface area contributed by atoms with Crippen LogP contribution in [0.5, 0.6) is 5.75 Å². The van der Waals surface area contributed by atoms with Crippen LogP contribution in [0.1, 0.15) is 27.9 Å². The molecule has 2 aromatic rings. The second-order valence-corrected chi connectivity index (χ2v) is 5.43. The molecule has 0 saturated carbocycles. The summed E-state index contributed by atoms with van der Waals surface area (Å²) in [7, 11) is 1.39. The van der Waals surface area contributed by atoms with Gasteiger partial charge in [-0.3, -0.25) is 0 Å². The van der Waals surface area contributed by atoms with Crippen molar-refractivity contribution in [2.75, 3.05) is 25.6 Å². The zero-order chi connectivity index (χ0) is 16.7. The van der Waals surface area contributed by atoms with Gasteiger partial charge in [-0.25, -0.2) is 4.79 Å². The Hall–Kier alpha value is -2.49. The second-order valence-electron chi connectivity index (χ2n) is 5.43. The number of nitrogens with one attached hydrogen (secondary N) is 1. The van der Waals surface area contributed by atoms with Gasteiger partial charge in [-0.2, -0.15) is 0 Å². The summed E-state index contributed by atoms with van der Waals surface area (Å²) in [5.74, 6) is 0.597. The van der Waals surface area contributed by atoms with Crippen molar-refractivity contribution in [1.29, 1.82) is 0 Å². The number of carbonyl (C=O) groups excluding carboxylic acids is 1. The first-order chi connectivity index (χ1) is 11.1. The van der Waals surface area contributed by atoms with Crippen molar-refractivity contribution < 1.29 is 14.3 Å². The van der Waals surface area contributed by atoms with Crippen LogP contribution in [-0.2, 0) is 4.74 Å². The van der Waals surface area contributed by atoms with Crippen molar-refractivity contribution >= 4 is 11.7 Å². The van der Waals surface area contributed by atoms with E-state index in [0.717, 1.165) is 30.0 Å². The van der Waals surface area contributed by atoms with Gasteiger partial charge in [0.1, 0.15) is 5.75 Å². The van der Waals surface area contributed by atoms with Crippen LogP contribution < -0.4 is 10.1 Å². The van der Waals surface area contributed by atoms with Gasteiger partial charge in [-0.05, 0) is 49.6 Å². The molecule has 23 heavy (non-hydrogen) atoms. The molecule has 0 bridgehead atoms. The molecule has 0 heterocycles. The summed E-state index contributed by atoms with van der Waals surface area (Å²) in [4.78, 5) is 11.7. The van der Waals surface area contributed by atoms with E-state index in [1.54, 1.807) is 6.07 Å². The fraction of sp³-hybridized carbons (Fsp3) is 0.316. The van der Waals surface area contributed by atoms with Gasteiger partial charge in [0.2, 0.25) is 0 Å². The van der Waals surface area contributed by atoms with Gasteiger partial charge >= 0.3 is 5.97 Å². The van der Waals surface area contributed by atoms with Gasteiger partial charge in [-0.1, -0.05) is 24.3 Å². The van der Waals surface area contributed by atoms with Crippen LogP contribution in [0.4, 0.5) is 5.69 Å². The third-order valence-corrected chi connectivity index (χ3v) is 3.57. The van der Waals surface area contributed by atoms with Crippen LogP contribution in [0.15, 0.2) is 42.5 Å². The minimum absolute atomic E-state index is 0.334. The van der Waals surface area contributed by atoms with Crippen molar-refractivity contribution in [3.63, 3.8) is 0 Å². The van der Waals surface area contributed by atoms with Crippen molar-refractivity contribution in [2.24, 2.45) is 0 Å². The number of ether oxygens (including phenoxy) is 2. The first kappa shape index (κ1) is 16.9. The molecule has 0 atom stereocenters. The molecular weight excluding hydrogens is 290 g/mol. The average molecular weight is 313 g/mol. The fourth-order valence-electron chi connectivity index (χ4n) is 2.27. The Morgan fingerprint density at radius 3 is 2.70 bits per heavy atom. The third kappa shape index (κ3) is 4.74. The third-order valence-electron chi connectivity index (χ3n) is 3.57. The molecule has 1 N–H and O–H groups in total. The number of rotatable bonds is 7. The lowest BCUT2D eigenvalue weighted by Gasteiger charge is -2.12. The molecule has 0 aliphatic carbocycles. The molecule has 0 aliphatic heterocycles. The van der Waals surface area contributed by atoms with Gasteiger partial charge in [-0.15, -0.1) is 0 Å². The Morgan fingerprint density at radius 2 is 1.91 bits per heavy atom. The predicted molar refractivity (Wildman–Crippen MR) is 92.3 cm³/mol. The summed E-state index contributed by atoms with van der Waals surface area (Å²) in [5, 5.41) is 3.26. The molecule has 0 aromatic heterocycles. The van der Waals surface area contributed by atoms with Gasteiger partial charge < -0.3 is 14.8 Å². The number of aryl methyl sites for hydroxylation is 2. The van der Waals surface area contributed by atoms with Crippen LogP contribution in [0.25, 0.3) is 0 Å². The normalized spacial score (nSPS) is 10.2. The largest absolute Gasteiger partial charge is 0.493 e. The second kappa shape index (κ2) is 8.22. The monoisotopic (exact) mass is 313 g/mol. The lowest BCUT2D eigenvalue weighted by molar-refractivity contribution is 0.0602. The van der Waals surface area contributed by atoms with Gasteiger partial charge in [0.05, 0.1) is 19.3 Å². The Labute approximate surface area is 137 Å². The SMILES string of the molecule is COC(=O)c1ccccc1NCCCOc1cc(C)ccc1C. The van der Waals surface area contributed by atoms with E-state index in [1.165, 1.54) is 12.7 Å². The van der Waals surface area contributed by atoms with Gasteiger partial charge in [0.15, 0.2) is 0 Å². The maximum absolute atomic E-state index is 11.7. The van der Waals surface area contributed by atoms with E-state index in [4.69, 9.17) is 9.47 Å². The molecule has 0 spiro atoms. The molecule has 2 rings (SSSR count). The number of methoxy groups -OCH3 is 1. The molecule has 0 amide bonds. The molecule has 122 valence electrons. The quantitative estimate of drug-likeness (QED) is 0.620. The van der Waals surface area contributed by atoms with E-state index in [-0.39, 0.29) is 5.97 Å². The topological polar surface area (TPSA) is 47.6 Å². The molecule has 0 radical (unpaired) electrons. The van der Waals surface area contributed by atoms with Crippen LogP contribution in [-0.4, -0.2) is 26.2 Å². The summed E-state index contributed by atoms with van der Waals surface area (Å²) in [6.45, 7) is 5.44. The number of esters is 1. The van der Waals surface area contributed by atoms with Crippen LogP contribution >= 0.6 is 0 Å². The predicted octanol–water partition coefficient (Wildman–Crippen LogP) is 3.97. The minimum Gasteiger partial charge on any atom is -0.493 e. The van der Waals surface area contributed by atoms with Gasteiger partial charge in [0.25, 0.3) is 0 Å². The highest BCUT2D eigenvalue weighted by atomic mass is 16.5. The zero-order valence-electron chi connectivity index (χ0n) is 13.9. The smallest absolute Gasteiger partial charge is 0.339 e. The lowest BCUT2D eigenvalue weighted by atomic mass is 10.1. The molecule has 0 aliphatic rings. The molecule has 4 nitrogen and oxygen atoms in total. The molecule has 2 aromatic carbocycles. The summed E-state index contributed by atoms with van der Waals surface area (Å²) in [6.07, 6.45) is 0.836. The summed E-state index contributed by atoms with van der Waals surface area (Å²) in [5.41, 5.74) is 3.66. The highest BCUT2D eigenvalue weighted by Crippen LogP contribution is 2.19. The maximum atomic E-state index is 11.7. The molecule has 4 heteroatoms. The summed E-state index contributed by atoms with van der Waals surface area (Å²) >= 11 is 0. The Balaban J connectivity index is 1.82. The molecule has 0 fully saturated rings. The Bertz CT molecular complexity index is 667. The minimum atomic E-state index is -0.334. The van der Waals surface area contributed by atoms with E-state index in [2.05, 4.69) is 30.4 Å². The number of hydrogen-bond acceptors (Lipinski definition) is 4. The summed E-state index contributed by atoms with van der Waals surface area (Å²) in [6, 6.07) is 13.5. The molecule has 0 saturated heterocycles. The first-order valence-electron chi connectivity index (χ1n) is 7.73. The van der Waals surface area contributed by atoms with Crippen molar-refractivity contribution in [3.8, 4) is 5.75 Å². The first-order valence-corrected chi connectivity index (χ1v) is 7.73. The van der Waals surface area contributed by atoms with Crippen molar-refractivity contribution in [1.82, 2.24) is 0 Å². The fourth-order valence-corrected chi connectivity index (χ4v) is 2.27.